The second-order valence-corrected chi connectivity index (χ2v) is 21.2. The molecule has 14 nitrogen and oxygen atoms in total. The van der Waals surface area contributed by atoms with Crippen LogP contribution in [0.15, 0.2) is 48.7 Å². The van der Waals surface area contributed by atoms with Crippen molar-refractivity contribution < 1.29 is 28.7 Å². The summed E-state index contributed by atoms with van der Waals surface area (Å²) in [6.45, 7) is 9.12. The van der Waals surface area contributed by atoms with Gasteiger partial charge in [-0.1, -0.05) is 64.4 Å². The van der Waals surface area contributed by atoms with E-state index in [4.69, 9.17) is 19.4 Å². The van der Waals surface area contributed by atoms with E-state index in [1.165, 1.54) is 90.8 Å². The number of imidazole rings is 2. The maximum atomic E-state index is 14.0. The summed E-state index contributed by atoms with van der Waals surface area (Å²) < 4.78 is 9.74. The number of nitrogens with one attached hydrogen (secondary N) is 4. The normalized spacial score (nSPS) is 24.4. The molecule has 4 aliphatic carbocycles. The van der Waals surface area contributed by atoms with Gasteiger partial charge in [-0.2, -0.15) is 0 Å². The first-order valence-corrected chi connectivity index (χ1v) is 25.6. The molecule has 2 bridgehead atoms. The number of ether oxygens (including phenoxy) is 2. The summed E-state index contributed by atoms with van der Waals surface area (Å²) in [7, 11) is 2.64. The van der Waals surface area contributed by atoms with Crippen LogP contribution in [0.25, 0.3) is 44.5 Å². The number of H-pyrrole nitrogens is 2. The minimum absolute atomic E-state index is 0.0519. The minimum Gasteiger partial charge on any atom is -0.453 e. The van der Waals surface area contributed by atoms with Crippen molar-refractivity contribution in [3.8, 4) is 33.5 Å². The lowest BCUT2D eigenvalue weighted by atomic mass is 9.72. The van der Waals surface area contributed by atoms with Crippen LogP contribution in [-0.4, -0.2) is 93.1 Å². The number of aromatic amines is 2. The summed E-state index contributed by atoms with van der Waals surface area (Å²) in [5.41, 5.74) is 15.3. The monoisotopic (exact) mass is 935 g/mol. The Morgan fingerprint density at radius 3 is 2.00 bits per heavy atom. The molecule has 3 aromatic carbocycles. The fourth-order valence-electron chi connectivity index (χ4n) is 13.3. The lowest BCUT2D eigenvalue weighted by molar-refractivity contribution is -0.136. The molecule has 2 aromatic heterocycles. The number of methoxy groups -OCH3 is 2. The molecule has 14 heteroatoms. The van der Waals surface area contributed by atoms with Crippen LogP contribution in [0.1, 0.15) is 156 Å². The number of alkyl carbamates (subject to hydrolysis) is 2. The zero-order chi connectivity index (χ0) is 47.8. The number of carbonyl (C=O) groups excluding carboxylic acids is 4. The van der Waals surface area contributed by atoms with Crippen molar-refractivity contribution in [2.45, 2.75) is 140 Å². The highest BCUT2D eigenvalue weighted by Gasteiger charge is 2.46. The van der Waals surface area contributed by atoms with E-state index in [0.29, 0.717) is 36.8 Å². The van der Waals surface area contributed by atoms with Crippen molar-refractivity contribution in [1.29, 1.82) is 0 Å². The van der Waals surface area contributed by atoms with Gasteiger partial charge in [-0.25, -0.2) is 19.6 Å². The van der Waals surface area contributed by atoms with Crippen molar-refractivity contribution in [3.63, 3.8) is 0 Å². The number of rotatable bonds is 12. The fraction of sp³-hybridized carbons (Fsp3) is 0.527. The molecule has 4 fully saturated rings. The molecule has 6 unspecified atom stereocenters. The number of hydrogen-bond acceptors (Lipinski definition) is 8. The third-order valence-corrected chi connectivity index (χ3v) is 17.2. The van der Waals surface area contributed by atoms with Gasteiger partial charge >= 0.3 is 12.2 Å². The number of amides is 4. The molecule has 69 heavy (non-hydrogen) atoms. The van der Waals surface area contributed by atoms with E-state index >= 15 is 0 Å². The zero-order valence-corrected chi connectivity index (χ0v) is 40.8. The molecular formula is C55H66N8O6. The molecule has 6 aliphatic rings. The first kappa shape index (κ1) is 45.3. The first-order valence-electron chi connectivity index (χ1n) is 25.6. The van der Waals surface area contributed by atoms with E-state index in [9.17, 15) is 19.2 Å². The Kier molecular flexibility index (Phi) is 11.8. The minimum atomic E-state index is -0.681. The van der Waals surface area contributed by atoms with Gasteiger partial charge in [0.25, 0.3) is 0 Å². The van der Waals surface area contributed by atoms with Gasteiger partial charge in [-0.05, 0) is 156 Å². The molecule has 11 rings (SSSR count). The smallest absolute Gasteiger partial charge is 0.407 e. The van der Waals surface area contributed by atoms with E-state index in [2.05, 4.69) is 63.1 Å². The number of nitrogens with zero attached hydrogens (tertiary/aromatic N) is 4. The summed E-state index contributed by atoms with van der Waals surface area (Å²) >= 11 is 0. The van der Waals surface area contributed by atoms with Gasteiger partial charge in [0.05, 0.1) is 49.2 Å². The van der Waals surface area contributed by atoms with Crippen molar-refractivity contribution in [3.05, 3.63) is 82.6 Å². The van der Waals surface area contributed by atoms with Crippen LogP contribution in [0.3, 0.4) is 0 Å². The molecule has 0 spiro atoms. The van der Waals surface area contributed by atoms with Gasteiger partial charge in [0, 0.05) is 18.7 Å². The van der Waals surface area contributed by atoms with Gasteiger partial charge in [0.1, 0.15) is 23.7 Å². The third kappa shape index (κ3) is 7.67. The number of hydrogen-bond donors (Lipinski definition) is 4. The molecule has 4 N–H and O–H groups in total. The highest BCUT2D eigenvalue weighted by molar-refractivity contribution is 5.90. The van der Waals surface area contributed by atoms with Crippen LogP contribution in [0.4, 0.5) is 9.59 Å². The Hall–Kier alpha value is -6.18. The lowest BCUT2D eigenvalue weighted by Crippen LogP contribution is -2.51. The maximum absolute atomic E-state index is 14.0. The average Bonchev–Trinajstić information content (AvgIpc) is 4.22. The Morgan fingerprint density at radius 1 is 0.725 bits per heavy atom. The maximum Gasteiger partial charge on any atom is 0.407 e. The number of aromatic nitrogens is 4. The van der Waals surface area contributed by atoms with E-state index in [0.717, 1.165) is 66.9 Å². The van der Waals surface area contributed by atoms with E-state index < -0.39 is 24.3 Å². The van der Waals surface area contributed by atoms with Crippen molar-refractivity contribution in [2.24, 2.45) is 17.8 Å². The van der Waals surface area contributed by atoms with Crippen LogP contribution < -0.4 is 10.6 Å². The van der Waals surface area contributed by atoms with Crippen molar-refractivity contribution >= 4 is 35.0 Å². The molecule has 9 atom stereocenters. The summed E-state index contributed by atoms with van der Waals surface area (Å²) in [6.07, 6.45) is 12.0. The summed E-state index contributed by atoms with van der Waals surface area (Å²) in [4.78, 5) is 73.6. The molecule has 2 aliphatic heterocycles. The largest absolute Gasteiger partial charge is 0.453 e. The van der Waals surface area contributed by atoms with E-state index in [1.54, 1.807) is 5.56 Å². The average molecular weight is 935 g/mol. The Labute approximate surface area is 404 Å². The van der Waals surface area contributed by atoms with Crippen LogP contribution in [-0.2, 0) is 25.5 Å². The van der Waals surface area contributed by atoms with Gasteiger partial charge in [-0.15, -0.1) is 0 Å². The molecule has 4 heterocycles. The first-order chi connectivity index (χ1) is 33.5. The third-order valence-electron chi connectivity index (χ3n) is 17.2. The van der Waals surface area contributed by atoms with E-state index in [-0.39, 0.29) is 35.7 Å². The lowest BCUT2D eigenvalue weighted by Gasteiger charge is -2.32. The quantitative estimate of drug-likeness (QED) is 0.0956. The summed E-state index contributed by atoms with van der Waals surface area (Å²) in [5, 5.41) is 5.57. The van der Waals surface area contributed by atoms with Crippen LogP contribution in [0.5, 0.6) is 0 Å². The Bertz CT molecular complexity index is 2850. The van der Waals surface area contributed by atoms with Gasteiger partial charge in [0.15, 0.2) is 0 Å². The van der Waals surface area contributed by atoms with Crippen LogP contribution in [0, 0.1) is 17.8 Å². The Morgan fingerprint density at radius 2 is 1.35 bits per heavy atom. The van der Waals surface area contributed by atoms with Gasteiger partial charge < -0.3 is 39.9 Å². The molecule has 2 saturated carbocycles. The van der Waals surface area contributed by atoms with Crippen LogP contribution in [0.2, 0.25) is 0 Å². The van der Waals surface area contributed by atoms with Gasteiger partial charge in [0.2, 0.25) is 11.8 Å². The van der Waals surface area contributed by atoms with Crippen molar-refractivity contribution in [2.75, 3.05) is 27.3 Å². The standard InChI is InChI=1S/C55H66N8O6/c1-7-29(4)49(61-55(67)69-6)53(65)63-23-9-11-44(63)51-57-40-21-15-31(26-41(40)58-51)34-17-19-37(46-33-13-12-32(24-33)45(34)46)38-20-18-36(39-25-30-14-16-35(30)47(38)39)42-27-56-50(59-42)43-10-8-22-62(43)52(64)48(28(2)3)60-54(66)68-5/h15,17-21,26-30,32-33,35,43-44,48-49H,7-14,16,22-25H2,1-6H3,(H,56,59)(H,57,58)(H,60,66)(H,61,67)/t29?,30?,32?,33?,35?,43-,44?,48-,49-/m0/s1. The zero-order valence-electron chi connectivity index (χ0n) is 40.8. The number of carbonyl (C=O) groups is 4. The highest BCUT2D eigenvalue weighted by Crippen LogP contribution is 2.61. The van der Waals surface area contributed by atoms with E-state index in [1.807, 2.05) is 43.7 Å². The molecular weight excluding hydrogens is 869 g/mol. The molecule has 2 saturated heterocycles. The number of benzene rings is 3. The molecule has 362 valence electrons. The Balaban J connectivity index is 0.898. The highest BCUT2D eigenvalue weighted by atomic mass is 16.5. The predicted octanol–water partition coefficient (Wildman–Crippen LogP) is 10.2. The topological polar surface area (TPSA) is 175 Å². The number of fused-ring (bicyclic) bond motifs is 9. The van der Waals surface area contributed by atoms with Crippen molar-refractivity contribution in [1.82, 2.24) is 40.4 Å². The second kappa shape index (κ2) is 18.0. The van der Waals surface area contributed by atoms with Crippen LogP contribution >= 0.6 is 0 Å². The molecule has 4 amide bonds. The second-order valence-electron chi connectivity index (χ2n) is 21.2. The fourth-order valence-corrected chi connectivity index (χ4v) is 13.3. The van der Waals surface area contributed by atoms with Gasteiger partial charge in [-0.3, -0.25) is 9.59 Å². The molecule has 0 radical (unpaired) electrons. The summed E-state index contributed by atoms with van der Waals surface area (Å²) in [5.74, 6) is 3.50. The predicted molar refractivity (Wildman–Crippen MR) is 263 cm³/mol. The summed E-state index contributed by atoms with van der Waals surface area (Å²) in [6, 6.07) is 14.3. The molecule has 5 aromatic rings. The SMILES string of the molecule is CCC(C)[C@H](NC(=O)OC)C(=O)N1CCCC1c1nc2ccc(-c3ccc(-c4ccc(-c5cnc([C@@H]6CCCN6C(=O)[C@@H](NC(=O)OC)C(C)C)[nH]5)c5c4C4CCC4C5)c4c3C3CCC4C3)cc2[nH]1. The number of likely N-dealkylation sites (tertiary alicyclic amines) is 2.